The molecule has 1 fully saturated rings. The average molecular weight is 320 g/mol. The highest BCUT2D eigenvalue weighted by Crippen LogP contribution is 2.27. The second kappa shape index (κ2) is 6.02. The van der Waals surface area contributed by atoms with Gasteiger partial charge in [0.15, 0.2) is 0 Å². The maximum atomic E-state index is 12.6. The molecule has 1 aromatic heterocycles. The lowest BCUT2D eigenvalue weighted by Gasteiger charge is -2.32. The molecule has 2 heterocycles. The number of sulfonamides is 1. The fourth-order valence-corrected chi connectivity index (χ4v) is 4.75. The van der Waals surface area contributed by atoms with E-state index in [1.807, 2.05) is 0 Å². The molecule has 2 rings (SSSR count). The Hall–Kier alpha value is -1.26. The first-order valence-corrected chi connectivity index (χ1v) is 8.63. The van der Waals surface area contributed by atoms with Gasteiger partial charge in [-0.3, -0.25) is 9.89 Å². The van der Waals surface area contributed by atoms with Crippen LogP contribution in [0.3, 0.4) is 0 Å². The van der Waals surface area contributed by atoms with Gasteiger partial charge in [-0.2, -0.15) is 21.2 Å². The predicted octanol–water partition coefficient (Wildman–Crippen LogP) is -0.339. The lowest BCUT2D eigenvalue weighted by atomic mass is 10.3. The van der Waals surface area contributed by atoms with E-state index >= 15 is 0 Å². The highest BCUT2D eigenvalue weighted by atomic mass is 32.2. The Kier molecular flexibility index (Phi) is 4.55. The Morgan fingerprint density at radius 2 is 2.45 bits per heavy atom. The van der Waals surface area contributed by atoms with Gasteiger partial charge in [0, 0.05) is 18.1 Å². The Morgan fingerprint density at radius 3 is 3.05 bits per heavy atom. The lowest BCUT2D eigenvalue weighted by Crippen LogP contribution is -2.50. The number of rotatable bonds is 4. The molecule has 0 aliphatic carbocycles. The summed E-state index contributed by atoms with van der Waals surface area (Å²) in [5, 5.41) is 6.00. The van der Waals surface area contributed by atoms with Crippen molar-refractivity contribution < 1.29 is 17.9 Å². The van der Waals surface area contributed by atoms with E-state index in [2.05, 4.69) is 10.2 Å². The molecule has 1 saturated heterocycles. The van der Waals surface area contributed by atoms with E-state index in [1.54, 1.807) is 6.92 Å². The number of hydrogen-bond acceptors (Lipinski definition) is 7. The van der Waals surface area contributed by atoms with Gasteiger partial charge in [0.2, 0.25) is 10.0 Å². The Morgan fingerprint density at radius 1 is 1.70 bits per heavy atom. The number of aromatic nitrogens is 2. The van der Waals surface area contributed by atoms with Crippen LogP contribution in [0, 0.1) is 0 Å². The molecule has 1 aromatic rings. The molecule has 3 N–H and O–H groups in total. The molecular weight excluding hydrogens is 304 g/mol. The zero-order chi connectivity index (χ0) is 14.8. The second-order valence-electron chi connectivity index (χ2n) is 4.11. The number of carbonyl (C=O) groups is 1. The quantitative estimate of drug-likeness (QED) is 0.729. The summed E-state index contributed by atoms with van der Waals surface area (Å²) in [6, 6.07) is -0.826. The monoisotopic (exact) mass is 320 g/mol. The topological polar surface area (TPSA) is 118 Å². The minimum absolute atomic E-state index is 0.0363. The fraction of sp³-hybridized carbons (Fsp3) is 0.600. The van der Waals surface area contributed by atoms with Gasteiger partial charge in [-0.05, 0) is 6.92 Å². The van der Waals surface area contributed by atoms with Crippen LogP contribution in [-0.2, 0) is 19.6 Å². The highest BCUT2D eigenvalue weighted by molar-refractivity contribution is 7.99. The number of aromatic amines is 1. The van der Waals surface area contributed by atoms with Gasteiger partial charge in [-0.1, -0.05) is 0 Å². The number of thioether (sulfide) groups is 1. The Bertz CT molecular complexity index is 586. The number of carbonyl (C=O) groups excluding carboxylic acids is 1. The van der Waals surface area contributed by atoms with Crippen molar-refractivity contribution in [2.45, 2.75) is 17.9 Å². The molecule has 0 aromatic carbocycles. The molecule has 1 aliphatic rings. The smallest absolute Gasteiger partial charge is 0.325 e. The zero-order valence-electron chi connectivity index (χ0n) is 10.9. The first-order valence-electron chi connectivity index (χ1n) is 6.03. The molecule has 0 spiro atoms. The van der Waals surface area contributed by atoms with E-state index in [1.165, 1.54) is 11.8 Å². The summed E-state index contributed by atoms with van der Waals surface area (Å²) in [5.41, 5.74) is 5.57. The summed E-state index contributed by atoms with van der Waals surface area (Å²) in [7, 11) is -3.86. The Labute approximate surface area is 121 Å². The summed E-state index contributed by atoms with van der Waals surface area (Å²) >= 11 is 1.52. The van der Waals surface area contributed by atoms with Crippen molar-refractivity contribution in [1.82, 2.24) is 14.5 Å². The van der Waals surface area contributed by atoms with Gasteiger partial charge < -0.3 is 10.5 Å². The summed E-state index contributed by atoms with van der Waals surface area (Å²) in [4.78, 5) is 11.8. The molecule has 20 heavy (non-hydrogen) atoms. The molecule has 8 nitrogen and oxygen atoms in total. The number of nitrogens with one attached hydrogen (secondary N) is 1. The zero-order valence-corrected chi connectivity index (χ0v) is 12.5. The SMILES string of the molecule is CCOC(=O)C1CSCCN1S(=O)(=O)c1cn[nH]c1N. The van der Waals surface area contributed by atoms with Crippen molar-refractivity contribution in [2.24, 2.45) is 0 Å². The second-order valence-corrected chi connectivity index (χ2v) is 7.12. The standard InChI is InChI=1S/C10H16N4O4S2/c1-2-18-10(15)7-6-19-4-3-14(7)20(16,17)8-5-12-13-9(8)11/h5,7H,2-4,6H2,1H3,(H3,11,12,13). The van der Waals surface area contributed by atoms with Crippen LogP contribution in [0.4, 0.5) is 5.82 Å². The third-order valence-corrected chi connectivity index (χ3v) is 5.82. The van der Waals surface area contributed by atoms with E-state index in [-0.39, 0.29) is 23.9 Å². The van der Waals surface area contributed by atoms with Crippen molar-refractivity contribution in [1.29, 1.82) is 0 Å². The number of ether oxygens (including phenoxy) is 1. The average Bonchev–Trinajstić information content (AvgIpc) is 2.86. The normalized spacial score (nSPS) is 20.8. The maximum Gasteiger partial charge on any atom is 0.325 e. The van der Waals surface area contributed by atoms with Crippen LogP contribution < -0.4 is 5.73 Å². The highest BCUT2D eigenvalue weighted by Gasteiger charge is 2.40. The van der Waals surface area contributed by atoms with Gasteiger partial charge >= 0.3 is 5.97 Å². The number of H-pyrrole nitrogens is 1. The number of nitrogen functional groups attached to an aromatic ring is 1. The summed E-state index contributed by atoms with van der Waals surface area (Å²) < 4.78 is 31.2. The van der Waals surface area contributed by atoms with E-state index in [4.69, 9.17) is 10.5 Å². The van der Waals surface area contributed by atoms with Crippen molar-refractivity contribution in [2.75, 3.05) is 30.4 Å². The first kappa shape index (κ1) is 15.1. The summed E-state index contributed by atoms with van der Waals surface area (Å²) in [6.45, 7) is 2.13. The molecule has 10 heteroatoms. The first-order chi connectivity index (χ1) is 9.48. The van der Waals surface area contributed by atoms with Gasteiger partial charge in [0.1, 0.15) is 16.8 Å². The fourth-order valence-electron chi connectivity index (χ4n) is 1.92. The molecule has 0 amide bonds. The summed E-state index contributed by atoms with van der Waals surface area (Å²) in [6.07, 6.45) is 1.15. The van der Waals surface area contributed by atoms with Gasteiger partial charge in [-0.25, -0.2) is 8.42 Å². The largest absolute Gasteiger partial charge is 0.465 e. The predicted molar refractivity (Wildman–Crippen MR) is 74.6 cm³/mol. The van der Waals surface area contributed by atoms with Gasteiger partial charge in [-0.15, -0.1) is 0 Å². The van der Waals surface area contributed by atoms with Crippen molar-refractivity contribution in [3.05, 3.63) is 6.20 Å². The summed E-state index contributed by atoms with van der Waals surface area (Å²) in [5.74, 6) is 0.416. The van der Waals surface area contributed by atoms with Gasteiger partial charge in [0.05, 0.1) is 12.8 Å². The lowest BCUT2D eigenvalue weighted by molar-refractivity contribution is -0.146. The maximum absolute atomic E-state index is 12.6. The molecule has 112 valence electrons. The van der Waals surface area contributed by atoms with Crippen molar-refractivity contribution >= 4 is 33.6 Å². The van der Waals surface area contributed by atoms with Crippen LogP contribution >= 0.6 is 11.8 Å². The molecule has 1 atom stereocenters. The van der Waals surface area contributed by atoms with E-state index in [0.29, 0.717) is 11.5 Å². The number of nitrogens with two attached hydrogens (primary N) is 1. The van der Waals surface area contributed by atoms with Crippen molar-refractivity contribution in [3.63, 3.8) is 0 Å². The number of nitrogens with zero attached hydrogens (tertiary/aromatic N) is 2. The van der Waals surface area contributed by atoms with Crippen molar-refractivity contribution in [3.8, 4) is 0 Å². The number of hydrogen-bond donors (Lipinski definition) is 2. The van der Waals surface area contributed by atoms with Crippen LogP contribution in [0.15, 0.2) is 11.1 Å². The molecular formula is C10H16N4O4S2. The van der Waals surface area contributed by atoms with E-state index in [0.717, 1.165) is 10.5 Å². The third-order valence-electron chi connectivity index (χ3n) is 2.86. The van der Waals surface area contributed by atoms with Crippen LogP contribution in [0.2, 0.25) is 0 Å². The molecule has 0 saturated carbocycles. The van der Waals surface area contributed by atoms with Crippen LogP contribution in [0.25, 0.3) is 0 Å². The Balaban J connectivity index is 2.32. The van der Waals surface area contributed by atoms with E-state index < -0.39 is 22.0 Å². The molecule has 1 aliphatic heterocycles. The minimum atomic E-state index is -3.86. The number of esters is 1. The van der Waals surface area contributed by atoms with Crippen LogP contribution in [-0.4, -0.2) is 59.6 Å². The van der Waals surface area contributed by atoms with Gasteiger partial charge in [0.25, 0.3) is 0 Å². The minimum Gasteiger partial charge on any atom is -0.465 e. The van der Waals surface area contributed by atoms with E-state index in [9.17, 15) is 13.2 Å². The molecule has 0 radical (unpaired) electrons. The third kappa shape index (κ3) is 2.76. The van der Waals surface area contributed by atoms with Crippen LogP contribution in [0.1, 0.15) is 6.92 Å². The number of anilines is 1. The molecule has 0 bridgehead atoms. The van der Waals surface area contributed by atoms with Crippen LogP contribution in [0.5, 0.6) is 0 Å². The molecule has 1 unspecified atom stereocenters.